The SMILES string of the molecule is CCCCCCCCCC(=O)N(CC#N)C1CCCC1. The largest absolute Gasteiger partial charge is 0.326 e. The molecule has 1 fully saturated rings. The summed E-state index contributed by atoms with van der Waals surface area (Å²) in [5.74, 6) is 0.201. The molecule has 0 N–H and O–H groups in total. The Labute approximate surface area is 124 Å². The van der Waals surface area contributed by atoms with Gasteiger partial charge in [0.2, 0.25) is 5.91 Å². The van der Waals surface area contributed by atoms with Crippen molar-refractivity contribution < 1.29 is 4.79 Å². The number of nitriles is 1. The highest BCUT2D eigenvalue weighted by atomic mass is 16.2. The van der Waals surface area contributed by atoms with Crippen molar-refractivity contribution >= 4 is 5.91 Å². The number of amides is 1. The number of carbonyl (C=O) groups excluding carboxylic acids is 1. The van der Waals surface area contributed by atoms with Gasteiger partial charge in [-0.25, -0.2) is 0 Å². The van der Waals surface area contributed by atoms with Crippen LogP contribution in [0.15, 0.2) is 0 Å². The maximum absolute atomic E-state index is 12.2. The van der Waals surface area contributed by atoms with Gasteiger partial charge in [0, 0.05) is 12.5 Å². The molecule has 3 nitrogen and oxygen atoms in total. The van der Waals surface area contributed by atoms with Crippen molar-refractivity contribution in [1.82, 2.24) is 4.90 Å². The first-order chi connectivity index (χ1) is 9.79. The first-order valence-electron chi connectivity index (χ1n) is 8.46. The average Bonchev–Trinajstić information content (AvgIpc) is 2.97. The molecule has 0 heterocycles. The van der Waals surface area contributed by atoms with Crippen LogP contribution in [0.5, 0.6) is 0 Å². The normalized spacial score (nSPS) is 15.2. The lowest BCUT2D eigenvalue weighted by atomic mass is 10.1. The molecule has 3 heteroatoms. The molecule has 0 aromatic heterocycles. The van der Waals surface area contributed by atoms with Crippen LogP contribution in [-0.4, -0.2) is 23.4 Å². The first-order valence-corrected chi connectivity index (χ1v) is 8.46. The molecular weight excluding hydrogens is 248 g/mol. The molecule has 0 spiro atoms. The van der Waals surface area contributed by atoms with Crippen LogP contribution in [0.25, 0.3) is 0 Å². The van der Waals surface area contributed by atoms with Crippen molar-refractivity contribution in [2.75, 3.05) is 6.54 Å². The zero-order chi connectivity index (χ0) is 14.6. The Bertz CT molecular complexity index is 303. The standard InChI is InChI=1S/C17H30N2O/c1-2-3-4-5-6-7-8-13-17(20)19(15-14-18)16-11-9-10-12-16/h16H,2-13,15H2,1H3. The highest BCUT2D eigenvalue weighted by molar-refractivity contribution is 5.76. The van der Waals surface area contributed by atoms with Gasteiger partial charge < -0.3 is 4.90 Å². The number of rotatable bonds is 10. The second-order valence-corrected chi connectivity index (χ2v) is 5.99. The Kier molecular flexibility index (Phi) is 9.11. The summed E-state index contributed by atoms with van der Waals surface area (Å²) in [6.45, 7) is 2.51. The molecule has 0 unspecified atom stereocenters. The van der Waals surface area contributed by atoms with Crippen molar-refractivity contribution in [1.29, 1.82) is 5.26 Å². The molecule has 114 valence electrons. The second-order valence-electron chi connectivity index (χ2n) is 5.99. The molecule has 0 aromatic carbocycles. The summed E-state index contributed by atoms with van der Waals surface area (Å²) in [4.78, 5) is 14.1. The van der Waals surface area contributed by atoms with E-state index in [2.05, 4.69) is 13.0 Å². The van der Waals surface area contributed by atoms with Gasteiger partial charge in [-0.05, 0) is 19.3 Å². The van der Waals surface area contributed by atoms with Crippen molar-refractivity contribution in [3.63, 3.8) is 0 Å². The zero-order valence-corrected chi connectivity index (χ0v) is 13.1. The van der Waals surface area contributed by atoms with Gasteiger partial charge in [-0.15, -0.1) is 0 Å². The molecule has 0 atom stereocenters. The fourth-order valence-electron chi connectivity index (χ4n) is 3.09. The van der Waals surface area contributed by atoms with Gasteiger partial charge in [0.1, 0.15) is 6.54 Å². The Morgan fingerprint density at radius 3 is 2.30 bits per heavy atom. The van der Waals surface area contributed by atoms with Crippen molar-refractivity contribution in [3.8, 4) is 6.07 Å². The van der Waals surface area contributed by atoms with E-state index in [0.29, 0.717) is 12.5 Å². The first kappa shape index (κ1) is 17.0. The minimum absolute atomic E-state index is 0.201. The highest BCUT2D eigenvalue weighted by Gasteiger charge is 2.25. The molecule has 1 aliphatic rings. The molecule has 0 aromatic rings. The van der Waals surface area contributed by atoms with Crippen LogP contribution >= 0.6 is 0 Å². The third kappa shape index (κ3) is 6.41. The number of nitrogens with zero attached hydrogens (tertiary/aromatic N) is 2. The van der Waals surface area contributed by atoms with E-state index in [1.54, 1.807) is 0 Å². The van der Waals surface area contributed by atoms with Crippen LogP contribution in [0.1, 0.15) is 84.0 Å². The van der Waals surface area contributed by atoms with Crippen LogP contribution in [0.2, 0.25) is 0 Å². The van der Waals surface area contributed by atoms with Crippen LogP contribution < -0.4 is 0 Å². The minimum Gasteiger partial charge on any atom is -0.326 e. The van der Waals surface area contributed by atoms with Crippen LogP contribution in [0.4, 0.5) is 0 Å². The summed E-state index contributed by atoms with van der Waals surface area (Å²) in [5.41, 5.74) is 0. The molecule has 0 radical (unpaired) electrons. The van der Waals surface area contributed by atoms with Gasteiger partial charge in [-0.2, -0.15) is 5.26 Å². The van der Waals surface area contributed by atoms with E-state index in [4.69, 9.17) is 5.26 Å². The summed E-state index contributed by atoms with van der Waals surface area (Å²) in [6.07, 6.45) is 13.8. The van der Waals surface area contributed by atoms with Crippen molar-refractivity contribution in [3.05, 3.63) is 0 Å². The summed E-state index contributed by atoms with van der Waals surface area (Å²) < 4.78 is 0. The van der Waals surface area contributed by atoms with E-state index in [1.165, 1.54) is 44.9 Å². The molecule has 1 amide bonds. The average molecular weight is 278 g/mol. The van der Waals surface area contributed by atoms with E-state index in [-0.39, 0.29) is 12.5 Å². The Morgan fingerprint density at radius 1 is 1.10 bits per heavy atom. The van der Waals surface area contributed by atoms with E-state index < -0.39 is 0 Å². The van der Waals surface area contributed by atoms with Gasteiger partial charge in [0.05, 0.1) is 6.07 Å². The van der Waals surface area contributed by atoms with E-state index >= 15 is 0 Å². The van der Waals surface area contributed by atoms with E-state index in [0.717, 1.165) is 25.7 Å². The molecule has 1 aliphatic carbocycles. The molecule has 0 saturated heterocycles. The lowest BCUT2D eigenvalue weighted by Crippen LogP contribution is -2.38. The van der Waals surface area contributed by atoms with E-state index in [1.807, 2.05) is 4.90 Å². The van der Waals surface area contributed by atoms with Crippen molar-refractivity contribution in [2.24, 2.45) is 0 Å². The highest BCUT2D eigenvalue weighted by Crippen LogP contribution is 2.24. The van der Waals surface area contributed by atoms with Crippen LogP contribution in [0.3, 0.4) is 0 Å². The van der Waals surface area contributed by atoms with Crippen molar-refractivity contribution in [2.45, 2.75) is 90.0 Å². The maximum atomic E-state index is 12.2. The van der Waals surface area contributed by atoms with E-state index in [9.17, 15) is 4.79 Å². The molecule has 1 saturated carbocycles. The monoisotopic (exact) mass is 278 g/mol. The third-order valence-electron chi connectivity index (χ3n) is 4.32. The third-order valence-corrected chi connectivity index (χ3v) is 4.32. The molecule has 1 rings (SSSR count). The Morgan fingerprint density at radius 2 is 1.70 bits per heavy atom. The molecule has 0 bridgehead atoms. The van der Waals surface area contributed by atoms with Gasteiger partial charge in [-0.1, -0.05) is 58.3 Å². The fourth-order valence-corrected chi connectivity index (χ4v) is 3.09. The van der Waals surface area contributed by atoms with Crippen LogP contribution in [-0.2, 0) is 4.79 Å². The minimum atomic E-state index is 0.201. The summed E-state index contributed by atoms with van der Waals surface area (Å²) in [5, 5.41) is 8.89. The van der Waals surface area contributed by atoms with Gasteiger partial charge in [-0.3, -0.25) is 4.79 Å². The predicted molar refractivity (Wildman–Crippen MR) is 82.2 cm³/mol. The Balaban J connectivity index is 2.16. The lowest BCUT2D eigenvalue weighted by molar-refractivity contribution is -0.132. The number of carbonyl (C=O) groups is 1. The fraction of sp³-hybridized carbons (Fsp3) is 0.882. The summed E-state index contributed by atoms with van der Waals surface area (Å²) in [6, 6.07) is 2.49. The number of hydrogen-bond donors (Lipinski definition) is 0. The number of hydrogen-bond acceptors (Lipinski definition) is 2. The number of unbranched alkanes of at least 4 members (excludes halogenated alkanes) is 6. The predicted octanol–water partition coefficient (Wildman–Crippen LogP) is 4.42. The van der Waals surface area contributed by atoms with Gasteiger partial charge in [0.15, 0.2) is 0 Å². The quantitative estimate of drug-likeness (QED) is 0.438. The molecule has 0 aliphatic heterocycles. The molecular formula is C17H30N2O. The maximum Gasteiger partial charge on any atom is 0.223 e. The summed E-state index contributed by atoms with van der Waals surface area (Å²) >= 11 is 0. The zero-order valence-electron chi connectivity index (χ0n) is 13.1. The Hall–Kier alpha value is -1.04. The topological polar surface area (TPSA) is 44.1 Å². The second kappa shape index (κ2) is 10.7. The smallest absolute Gasteiger partial charge is 0.223 e. The van der Waals surface area contributed by atoms with Gasteiger partial charge >= 0.3 is 0 Å². The van der Waals surface area contributed by atoms with Gasteiger partial charge in [0.25, 0.3) is 0 Å². The summed E-state index contributed by atoms with van der Waals surface area (Å²) in [7, 11) is 0. The van der Waals surface area contributed by atoms with Crippen LogP contribution in [0, 0.1) is 11.3 Å². The molecule has 20 heavy (non-hydrogen) atoms. The lowest BCUT2D eigenvalue weighted by Gasteiger charge is -2.26.